The molecule has 0 aliphatic heterocycles. The van der Waals surface area contributed by atoms with Crippen LogP contribution in [0.4, 0.5) is 11.4 Å². The molecular formula is C19H22ClN3O2S. The summed E-state index contributed by atoms with van der Waals surface area (Å²) >= 11 is 7.62. The number of nitrogens with zero attached hydrogens (tertiary/aromatic N) is 1. The molecule has 0 unspecified atom stereocenters. The van der Waals surface area contributed by atoms with Gasteiger partial charge in [-0.05, 0) is 50.1 Å². The van der Waals surface area contributed by atoms with Crippen molar-refractivity contribution in [2.24, 2.45) is 0 Å². The summed E-state index contributed by atoms with van der Waals surface area (Å²) < 4.78 is 0. The fraction of sp³-hybridized carbons (Fsp3) is 0.263. The van der Waals surface area contributed by atoms with Crippen LogP contribution in [0.5, 0.6) is 0 Å². The molecule has 2 amide bonds. The van der Waals surface area contributed by atoms with E-state index < -0.39 is 0 Å². The Labute approximate surface area is 163 Å². The van der Waals surface area contributed by atoms with Crippen molar-refractivity contribution in [3.63, 3.8) is 0 Å². The van der Waals surface area contributed by atoms with Gasteiger partial charge in [-0.25, -0.2) is 0 Å². The summed E-state index contributed by atoms with van der Waals surface area (Å²) in [5.41, 5.74) is 2.27. The quantitative estimate of drug-likeness (QED) is 0.703. The van der Waals surface area contributed by atoms with Crippen LogP contribution in [0.2, 0.25) is 5.02 Å². The summed E-state index contributed by atoms with van der Waals surface area (Å²) in [6.45, 7) is 2.06. The Morgan fingerprint density at radius 3 is 2.23 bits per heavy atom. The lowest BCUT2D eigenvalue weighted by atomic mass is 10.2. The van der Waals surface area contributed by atoms with E-state index in [0.717, 1.165) is 16.1 Å². The Hall–Kier alpha value is -2.02. The third kappa shape index (κ3) is 5.76. The Morgan fingerprint density at radius 1 is 1.00 bits per heavy atom. The Balaban J connectivity index is 1.87. The van der Waals surface area contributed by atoms with Crippen LogP contribution in [0.3, 0.4) is 0 Å². The van der Waals surface area contributed by atoms with Gasteiger partial charge in [0.2, 0.25) is 11.8 Å². The highest BCUT2D eigenvalue weighted by Gasteiger charge is 2.13. The lowest BCUT2D eigenvalue weighted by Crippen LogP contribution is -2.36. The molecule has 0 fully saturated rings. The van der Waals surface area contributed by atoms with Gasteiger partial charge in [0.15, 0.2) is 0 Å². The lowest BCUT2D eigenvalue weighted by Gasteiger charge is -2.17. The molecular weight excluding hydrogens is 370 g/mol. The molecule has 0 atom stereocenters. The molecule has 138 valence electrons. The SMILES string of the molecule is CSc1ccccc1NC(=O)CN(C)CC(=O)Nc1cccc(Cl)c1C. The van der Waals surface area contributed by atoms with Gasteiger partial charge in [-0.1, -0.05) is 29.8 Å². The van der Waals surface area contributed by atoms with Crippen LogP contribution in [0, 0.1) is 6.92 Å². The van der Waals surface area contributed by atoms with Crippen LogP contribution in [-0.4, -0.2) is 43.1 Å². The van der Waals surface area contributed by atoms with Crippen molar-refractivity contribution in [3.05, 3.63) is 53.1 Å². The third-order valence-electron chi connectivity index (χ3n) is 3.75. The second kappa shape index (κ2) is 9.62. The second-order valence-electron chi connectivity index (χ2n) is 5.88. The monoisotopic (exact) mass is 391 g/mol. The van der Waals surface area contributed by atoms with E-state index in [-0.39, 0.29) is 24.9 Å². The minimum atomic E-state index is -0.199. The number of carbonyl (C=O) groups excluding carboxylic acids is 2. The molecule has 0 aliphatic rings. The van der Waals surface area contributed by atoms with Crippen LogP contribution in [0.1, 0.15) is 5.56 Å². The van der Waals surface area contributed by atoms with Crippen molar-refractivity contribution in [2.75, 3.05) is 37.0 Å². The van der Waals surface area contributed by atoms with Gasteiger partial charge in [0, 0.05) is 15.6 Å². The number of carbonyl (C=O) groups is 2. The highest BCUT2D eigenvalue weighted by Crippen LogP contribution is 2.24. The molecule has 26 heavy (non-hydrogen) atoms. The zero-order chi connectivity index (χ0) is 19.1. The number of halogens is 1. The number of amides is 2. The second-order valence-corrected chi connectivity index (χ2v) is 7.14. The average molecular weight is 392 g/mol. The van der Waals surface area contributed by atoms with E-state index in [2.05, 4.69) is 10.6 Å². The summed E-state index contributed by atoms with van der Waals surface area (Å²) in [6.07, 6.45) is 1.96. The van der Waals surface area contributed by atoms with Gasteiger partial charge in [-0.3, -0.25) is 14.5 Å². The highest BCUT2D eigenvalue weighted by atomic mass is 35.5. The van der Waals surface area contributed by atoms with E-state index in [9.17, 15) is 9.59 Å². The lowest BCUT2D eigenvalue weighted by molar-refractivity contribution is -0.119. The van der Waals surface area contributed by atoms with E-state index in [1.165, 1.54) is 0 Å². The average Bonchev–Trinajstić information content (AvgIpc) is 2.59. The minimum absolute atomic E-state index is 0.101. The number of thioether (sulfide) groups is 1. The van der Waals surface area contributed by atoms with Gasteiger partial charge in [0.05, 0.1) is 18.8 Å². The first-order valence-corrected chi connectivity index (χ1v) is 9.67. The van der Waals surface area contributed by atoms with Gasteiger partial charge in [-0.15, -0.1) is 11.8 Å². The van der Waals surface area contributed by atoms with Crippen molar-refractivity contribution in [1.82, 2.24) is 4.90 Å². The molecule has 2 N–H and O–H groups in total. The first-order chi connectivity index (χ1) is 12.4. The Morgan fingerprint density at radius 2 is 1.58 bits per heavy atom. The van der Waals surface area contributed by atoms with E-state index >= 15 is 0 Å². The molecule has 0 spiro atoms. The molecule has 0 saturated carbocycles. The van der Waals surface area contributed by atoms with Crippen LogP contribution in [-0.2, 0) is 9.59 Å². The van der Waals surface area contributed by atoms with Crippen LogP contribution >= 0.6 is 23.4 Å². The molecule has 2 rings (SSSR count). The number of nitrogens with one attached hydrogen (secondary N) is 2. The predicted molar refractivity (Wildman–Crippen MR) is 109 cm³/mol. The van der Waals surface area contributed by atoms with Crippen molar-refractivity contribution in [2.45, 2.75) is 11.8 Å². The van der Waals surface area contributed by atoms with Gasteiger partial charge in [-0.2, -0.15) is 0 Å². The maximum atomic E-state index is 12.2. The molecule has 2 aromatic carbocycles. The number of rotatable bonds is 7. The number of hydrogen-bond donors (Lipinski definition) is 2. The zero-order valence-corrected chi connectivity index (χ0v) is 16.6. The van der Waals surface area contributed by atoms with Gasteiger partial charge >= 0.3 is 0 Å². The summed E-state index contributed by atoms with van der Waals surface area (Å²) in [5, 5.41) is 6.30. The molecule has 7 heteroatoms. The van der Waals surface area contributed by atoms with E-state index in [1.807, 2.05) is 37.4 Å². The summed E-state index contributed by atoms with van der Waals surface area (Å²) in [4.78, 5) is 27.1. The van der Waals surface area contributed by atoms with Crippen LogP contribution in [0.25, 0.3) is 0 Å². The fourth-order valence-electron chi connectivity index (χ4n) is 2.42. The zero-order valence-electron chi connectivity index (χ0n) is 15.0. The molecule has 2 aromatic rings. The number of anilines is 2. The summed E-state index contributed by atoms with van der Waals surface area (Å²) in [5.74, 6) is -0.365. The predicted octanol–water partition coefficient (Wildman–Crippen LogP) is 3.88. The van der Waals surface area contributed by atoms with Gasteiger partial charge in [0.25, 0.3) is 0 Å². The third-order valence-corrected chi connectivity index (χ3v) is 4.96. The maximum Gasteiger partial charge on any atom is 0.238 e. The number of benzene rings is 2. The molecule has 0 saturated heterocycles. The molecule has 0 heterocycles. The molecule has 0 aliphatic carbocycles. The van der Waals surface area contributed by atoms with Gasteiger partial charge in [0.1, 0.15) is 0 Å². The summed E-state index contributed by atoms with van der Waals surface area (Å²) in [7, 11) is 1.73. The largest absolute Gasteiger partial charge is 0.325 e. The maximum absolute atomic E-state index is 12.2. The van der Waals surface area contributed by atoms with Crippen molar-refractivity contribution in [3.8, 4) is 0 Å². The first kappa shape index (κ1) is 20.3. The van der Waals surface area contributed by atoms with E-state index in [4.69, 9.17) is 11.6 Å². The number of para-hydroxylation sites is 1. The van der Waals surface area contributed by atoms with Gasteiger partial charge < -0.3 is 10.6 Å². The fourth-order valence-corrected chi connectivity index (χ4v) is 3.14. The molecule has 0 aromatic heterocycles. The minimum Gasteiger partial charge on any atom is -0.325 e. The van der Waals surface area contributed by atoms with E-state index in [0.29, 0.717) is 10.7 Å². The van der Waals surface area contributed by atoms with Crippen molar-refractivity contribution < 1.29 is 9.59 Å². The summed E-state index contributed by atoms with van der Waals surface area (Å²) in [6, 6.07) is 13.0. The van der Waals surface area contributed by atoms with Crippen LogP contribution < -0.4 is 10.6 Å². The Bertz CT molecular complexity index is 798. The van der Waals surface area contributed by atoms with Crippen molar-refractivity contribution >= 4 is 46.6 Å². The standard InChI is InChI=1S/C19H22ClN3O2S/c1-13-14(20)7-6-9-15(13)21-18(24)11-23(2)12-19(25)22-16-8-4-5-10-17(16)26-3/h4-10H,11-12H2,1-3H3,(H,21,24)(H,22,25). The van der Waals surface area contributed by atoms with Crippen LogP contribution in [0.15, 0.2) is 47.4 Å². The first-order valence-electron chi connectivity index (χ1n) is 8.07. The molecule has 0 bridgehead atoms. The van der Waals surface area contributed by atoms with Crippen molar-refractivity contribution in [1.29, 1.82) is 0 Å². The Kier molecular flexibility index (Phi) is 7.50. The topological polar surface area (TPSA) is 61.4 Å². The molecule has 5 nitrogen and oxygen atoms in total. The molecule has 0 radical (unpaired) electrons. The highest BCUT2D eigenvalue weighted by molar-refractivity contribution is 7.98. The van der Waals surface area contributed by atoms with E-state index in [1.54, 1.807) is 41.9 Å². The number of likely N-dealkylation sites (N-methyl/N-ethyl adjacent to an activating group) is 1. The number of hydrogen-bond acceptors (Lipinski definition) is 4. The smallest absolute Gasteiger partial charge is 0.238 e. The normalized spacial score (nSPS) is 10.7.